The number of amides is 2. The molecule has 0 atom stereocenters. The average molecular weight is 396 g/mol. The molecule has 0 unspecified atom stereocenters. The molecule has 3 rings (SSSR count). The maximum Gasteiger partial charge on any atom is 0.331 e. The molecule has 1 saturated carbocycles. The second-order valence-corrected chi connectivity index (χ2v) is 6.99. The van der Waals surface area contributed by atoms with Crippen molar-refractivity contribution in [2.24, 2.45) is 7.05 Å². The second kappa shape index (κ2) is 8.72. The van der Waals surface area contributed by atoms with Gasteiger partial charge in [-0.25, -0.2) is 4.79 Å². The van der Waals surface area contributed by atoms with Gasteiger partial charge in [0.15, 0.2) is 6.61 Å². The van der Waals surface area contributed by atoms with E-state index in [1.54, 1.807) is 35.0 Å². The molecule has 8 heteroatoms. The van der Waals surface area contributed by atoms with Gasteiger partial charge in [-0.15, -0.1) is 0 Å². The molecule has 152 valence electrons. The number of hydrogen-bond acceptors (Lipinski definition) is 5. The number of aromatic nitrogens is 2. The van der Waals surface area contributed by atoms with E-state index in [4.69, 9.17) is 4.74 Å². The molecule has 2 aromatic rings. The maximum atomic E-state index is 12.3. The van der Waals surface area contributed by atoms with Gasteiger partial charge in [0.05, 0.1) is 16.9 Å². The number of esters is 1. The lowest BCUT2D eigenvalue weighted by Crippen LogP contribution is -2.27. The lowest BCUT2D eigenvalue weighted by Gasteiger charge is -2.11. The molecule has 1 fully saturated rings. The number of ether oxygens (including phenoxy) is 1. The quantitative estimate of drug-likeness (QED) is 0.551. The van der Waals surface area contributed by atoms with Crippen LogP contribution in [0.5, 0.6) is 0 Å². The molecular formula is C21H24N4O4. The molecule has 1 aliphatic carbocycles. The van der Waals surface area contributed by atoms with Gasteiger partial charge in [-0.3, -0.25) is 14.3 Å². The first-order valence-corrected chi connectivity index (χ1v) is 9.40. The van der Waals surface area contributed by atoms with E-state index in [1.807, 2.05) is 20.9 Å². The number of benzene rings is 1. The lowest BCUT2D eigenvalue weighted by atomic mass is 10.1. The molecule has 0 aliphatic heterocycles. The van der Waals surface area contributed by atoms with Crippen LogP contribution >= 0.6 is 0 Å². The Balaban J connectivity index is 1.54. The summed E-state index contributed by atoms with van der Waals surface area (Å²) in [6, 6.07) is 6.93. The van der Waals surface area contributed by atoms with Gasteiger partial charge in [0.2, 0.25) is 0 Å². The van der Waals surface area contributed by atoms with Crippen molar-refractivity contribution in [1.82, 2.24) is 15.1 Å². The van der Waals surface area contributed by atoms with Gasteiger partial charge >= 0.3 is 5.97 Å². The summed E-state index contributed by atoms with van der Waals surface area (Å²) in [6.07, 6.45) is 4.83. The van der Waals surface area contributed by atoms with Crippen LogP contribution in [0.4, 0.5) is 5.69 Å². The second-order valence-electron chi connectivity index (χ2n) is 6.99. The van der Waals surface area contributed by atoms with Crippen LogP contribution in [0.15, 0.2) is 30.3 Å². The number of nitrogens with zero attached hydrogens (tertiary/aromatic N) is 2. The van der Waals surface area contributed by atoms with Crippen molar-refractivity contribution in [3.05, 3.63) is 52.9 Å². The number of carbonyl (C=O) groups is 3. The number of rotatable bonds is 7. The Kier molecular flexibility index (Phi) is 6.11. The zero-order chi connectivity index (χ0) is 21.0. The zero-order valence-corrected chi connectivity index (χ0v) is 16.7. The smallest absolute Gasteiger partial charge is 0.331 e. The summed E-state index contributed by atoms with van der Waals surface area (Å²) in [7, 11) is 1.82. The molecule has 0 radical (unpaired) electrons. The summed E-state index contributed by atoms with van der Waals surface area (Å²) >= 11 is 0. The summed E-state index contributed by atoms with van der Waals surface area (Å²) < 4.78 is 6.72. The highest BCUT2D eigenvalue weighted by atomic mass is 16.5. The van der Waals surface area contributed by atoms with Gasteiger partial charge < -0.3 is 15.4 Å². The first-order valence-electron chi connectivity index (χ1n) is 9.40. The Morgan fingerprint density at radius 1 is 1.24 bits per heavy atom. The number of nitrogens with one attached hydrogen (secondary N) is 2. The predicted molar refractivity (Wildman–Crippen MR) is 108 cm³/mol. The van der Waals surface area contributed by atoms with Crippen LogP contribution in [0.2, 0.25) is 0 Å². The Labute approximate surface area is 168 Å². The Hall–Kier alpha value is -3.42. The Morgan fingerprint density at radius 2 is 1.97 bits per heavy atom. The molecular weight excluding hydrogens is 372 g/mol. The summed E-state index contributed by atoms with van der Waals surface area (Å²) in [5.74, 6) is -1.39. The topological polar surface area (TPSA) is 102 Å². The van der Waals surface area contributed by atoms with Crippen molar-refractivity contribution in [1.29, 1.82) is 0 Å². The minimum Gasteiger partial charge on any atom is -0.452 e. The number of carbonyl (C=O) groups excluding carboxylic acids is 3. The predicted octanol–water partition coefficient (Wildman–Crippen LogP) is 2.12. The van der Waals surface area contributed by atoms with E-state index in [0.29, 0.717) is 11.3 Å². The largest absolute Gasteiger partial charge is 0.452 e. The van der Waals surface area contributed by atoms with Gasteiger partial charge in [0.25, 0.3) is 11.8 Å². The lowest BCUT2D eigenvalue weighted by molar-refractivity contribution is -0.142. The van der Waals surface area contributed by atoms with E-state index < -0.39 is 18.5 Å². The van der Waals surface area contributed by atoms with Gasteiger partial charge in [0.1, 0.15) is 0 Å². The van der Waals surface area contributed by atoms with Crippen LogP contribution in [-0.4, -0.2) is 40.2 Å². The highest BCUT2D eigenvalue weighted by Gasteiger charge is 2.25. The SMILES string of the molecule is Cc1nn(C)c(C)c1/C=C/C(=O)OCC(=O)Nc1ccccc1C(=O)NC1CC1. The summed E-state index contributed by atoms with van der Waals surface area (Å²) in [4.78, 5) is 36.4. The minimum atomic E-state index is -0.637. The summed E-state index contributed by atoms with van der Waals surface area (Å²) in [5, 5.41) is 9.78. The van der Waals surface area contributed by atoms with E-state index in [0.717, 1.165) is 29.8 Å². The standard InChI is InChI=1S/C21H24N4O4/c1-13-16(14(2)25(3)24-13)10-11-20(27)29-12-19(26)23-18-7-5-4-6-17(18)21(28)22-15-8-9-15/h4-7,10-11,15H,8-9,12H2,1-3H3,(H,22,28)(H,23,26)/b11-10+. The highest BCUT2D eigenvalue weighted by molar-refractivity contribution is 6.04. The fourth-order valence-corrected chi connectivity index (χ4v) is 2.83. The minimum absolute atomic E-state index is 0.214. The van der Waals surface area contributed by atoms with E-state index in [-0.39, 0.29) is 11.9 Å². The van der Waals surface area contributed by atoms with Crippen LogP contribution in [-0.2, 0) is 21.4 Å². The maximum absolute atomic E-state index is 12.3. The van der Waals surface area contributed by atoms with Gasteiger partial charge in [-0.2, -0.15) is 5.10 Å². The third-order valence-corrected chi connectivity index (χ3v) is 4.65. The van der Waals surface area contributed by atoms with Gasteiger partial charge in [-0.1, -0.05) is 12.1 Å². The molecule has 1 aliphatic rings. The number of para-hydroxylation sites is 1. The normalized spacial score (nSPS) is 13.3. The molecule has 8 nitrogen and oxygen atoms in total. The van der Waals surface area contributed by atoms with E-state index in [1.165, 1.54) is 6.08 Å². The van der Waals surface area contributed by atoms with Crippen LogP contribution in [0.25, 0.3) is 6.08 Å². The molecule has 1 aromatic carbocycles. The number of aryl methyl sites for hydroxylation is 2. The Morgan fingerprint density at radius 3 is 2.62 bits per heavy atom. The third-order valence-electron chi connectivity index (χ3n) is 4.65. The summed E-state index contributed by atoms with van der Waals surface area (Å²) in [6.45, 7) is 3.30. The van der Waals surface area contributed by atoms with E-state index >= 15 is 0 Å². The van der Waals surface area contributed by atoms with Crippen molar-refractivity contribution in [3.8, 4) is 0 Å². The van der Waals surface area contributed by atoms with Crippen LogP contribution in [0.3, 0.4) is 0 Å². The van der Waals surface area contributed by atoms with Crippen LogP contribution in [0.1, 0.15) is 40.2 Å². The van der Waals surface area contributed by atoms with Crippen LogP contribution in [0, 0.1) is 13.8 Å². The third kappa shape index (κ3) is 5.31. The first kappa shape index (κ1) is 20.3. The molecule has 0 spiro atoms. The number of anilines is 1. The first-order chi connectivity index (χ1) is 13.8. The fraction of sp³-hybridized carbons (Fsp3) is 0.333. The molecule has 2 amide bonds. The van der Waals surface area contributed by atoms with Crippen molar-refractivity contribution in [2.45, 2.75) is 32.7 Å². The van der Waals surface area contributed by atoms with Crippen molar-refractivity contribution >= 4 is 29.5 Å². The fourth-order valence-electron chi connectivity index (χ4n) is 2.83. The Bertz CT molecular complexity index is 973. The van der Waals surface area contributed by atoms with E-state index in [9.17, 15) is 14.4 Å². The zero-order valence-electron chi connectivity index (χ0n) is 16.7. The van der Waals surface area contributed by atoms with Crippen molar-refractivity contribution in [2.75, 3.05) is 11.9 Å². The molecule has 2 N–H and O–H groups in total. The molecule has 0 saturated heterocycles. The van der Waals surface area contributed by atoms with Crippen molar-refractivity contribution < 1.29 is 19.1 Å². The molecule has 29 heavy (non-hydrogen) atoms. The molecule has 0 bridgehead atoms. The molecule has 1 heterocycles. The monoisotopic (exact) mass is 396 g/mol. The average Bonchev–Trinajstić information content (AvgIpc) is 3.46. The van der Waals surface area contributed by atoms with Crippen molar-refractivity contribution in [3.63, 3.8) is 0 Å². The van der Waals surface area contributed by atoms with E-state index in [2.05, 4.69) is 15.7 Å². The van der Waals surface area contributed by atoms with Crippen LogP contribution < -0.4 is 10.6 Å². The highest BCUT2D eigenvalue weighted by Crippen LogP contribution is 2.21. The van der Waals surface area contributed by atoms with Gasteiger partial charge in [-0.05, 0) is 44.9 Å². The number of hydrogen-bond donors (Lipinski definition) is 2. The summed E-state index contributed by atoms with van der Waals surface area (Å²) in [5.41, 5.74) is 3.31. The molecule has 1 aromatic heterocycles. The van der Waals surface area contributed by atoms with Gasteiger partial charge in [0, 0.05) is 30.4 Å².